The number of carbonyl (C=O) groups is 2. The number of benzene rings is 1. The highest BCUT2D eigenvalue weighted by Gasteiger charge is 2.38. The van der Waals surface area contributed by atoms with Crippen molar-refractivity contribution in [1.29, 1.82) is 0 Å². The van der Waals surface area contributed by atoms with Crippen LogP contribution in [0.5, 0.6) is 0 Å². The van der Waals surface area contributed by atoms with Crippen molar-refractivity contribution in [1.82, 2.24) is 10.6 Å². The molecule has 0 aromatic heterocycles. The topological polar surface area (TPSA) is 58.2 Å². The van der Waals surface area contributed by atoms with Crippen molar-refractivity contribution in [3.63, 3.8) is 0 Å². The molecule has 4 atom stereocenters. The van der Waals surface area contributed by atoms with Crippen LogP contribution in [-0.2, 0) is 4.79 Å². The lowest BCUT2D eigenvalue weighted by molar-refractivity contribution is -0.130. The van der Waals surface area contributed by atoms with Crippen LogP contribution in [0, 0.1) is 17.8 Å². The predicted molar refractivity (Wildman–Crippen MR) is 100.0 cm³/mol. The van der Waals surface area contributed by atoms with Crippen LogP contribution in [0.2, 0.25) is 10.0 Å². The Balaban J connectivity index is 1.51. The lowest BCUT2D eigenvalue weighted by atomic mass is 9.72. The van der Waals surface area contributed by atoms with Gasteiger partial charge in [0.15, 0.2) is 0 Å². The van der Waals surface area contributed by atoms with Crippen LogP contribution in [0.1, 0.15) is 49.4 Å². The third-order valence-corrected chi connectivity index (χ3v) is 6.06. The number of carbonyl (C=O) groups excluding carboxylic acids is 2. The molecule has 0 bridgehead atoms. The molecule has 25 heavy (non-hydrogen) atoms. The van der Waals surface area contributed by atoms with Crippen molar-refractivity contribution in [3.05, 3.63) is 33.8 Å². The van der Waals surface area contributed by atoms with E-state index in [0.29, 0.717) is 46.5 Å². The van der Waals surface area contributed by atoms with E-state index in [1.54, 1.807) is 18.2 Å². The minimum atomic E-state index is -0.256. The normalized spacial score (nSPS) is 28.8. The Morgan fingerprint density at radius 1 is 1.28 bits per heavy atom. The van der Waals surface area contributed by atoms with E-state index < -0.39 is 0 Å². The van der Waals surface area contributed by atoms with Crippen LogP contribution >= 0.6 is 23.2 Å². The molecular weight excluding hydrogens is 359 g/mol. The Bertz CT molecular complexity index is 665. The standard InChI is InChI=1S/C19H24Cl2N2O2/c1-11-2-3-12-9-13(18(24)23-17(12)8-11)6-7-22-19(25)15-10-14(20)4-5-16(15)21/h4-5,10-13,17H,2-3,6-9H2,1H3,(H,22,25)(H,23,24). The van der Waals surface area contributed by atoms with Gasteiger partial charge in [0.1, 0.15) is 0 Å². The van der Waals surface area contributed by atoms with Gasteiger partial charge in [-0.25, -0.2) is 0 Å². The number of fused-ring (bicyclic) bond motifs is 1. The molecular formula is C19H24Cl2N2O2. The van der Waals surface area contributed by atoms with E-state index in [1.165, 1.54) is 12.8 Å². The summed E-state index contributed by atoms with van der Waals surface area (Å²) in [7, 11) is 0. The maximum Gasteiger partial charge on any atom is 0.252 e. The molecule has 1 saturated heterocycles. The van der Waals surface area contributed by atoms with Crippen LogP contribution in [0.3, 0.4) is 0 Å². The first-order valence-corrected chi connectivity index (χ1v) is 9.73. The maximum absolute atomic E-state index is 12.3. The third-order valence-electron chi connectivity index (χ3n) is 5.49. The van der Waals surface area contributed by atoms with Crippen molar-refractivity contribution in [2.75, 3.05) is 6.54 Å². The van der Waals surface area contributed by atoms with Gasteiger partial charge < -0.3 is 10.6 Å². The molecule has 3 rings (SSSR count). The molecule has 6 heteroatoms. The Hall–Kier alpha value is -1.26. The number of nitrogens with one attached hydrogen (secondary N) is 2. The summed E-state index contributed by atoms with van der Waals surface area (Å²) in [5.74, 6) is 1.13. The van der Waals surface area contributed by atoms with E-state index in [1.807, 2.05) is 0 Å². The summed E-state index contributed by atoms with van der Waals surface area (Å²) in [6, 6.07) is 5.15. The first-order valence-electron chi connectivity index (χ1n) is 8.97. The molecule has 2 N–H and O–H groups in total. The minimum absolute atomic E-state index is 0.0233. The van der Waals surface area contributed by atoms with Gasteiger partial charge >= 0.3 is 0 Å². The summed E-state index contributed by atoms with van der Waals surface area (Å²) >= 11 is 12.0. The molecule has 2 aliphatic rings. The quantitative estimate of drug-likeness (QED) is 0.824. The molecule has 136 valence electrons. The minimum Gasteiger partial charge on any atom is -0.353 e. The SMILES string of the molecule is CC1CCC2CC(CCNC(=O)c3cc(Cl)ccc3Cl)C(=O)NC2C1. The molecule has 1 saturated carbocycles. The van der Waals surface area contributed by atoms with Gasteiger partial charge in [-0.15, -0.1) is 0 Å². The van der Waals surface area contributed by atoms with Crippen LogP contribution in [0.25, 0.3) is 0 Å². The molecule has 2 amide bonds. The van der Waals surface area contributed by atoms with E-state index in [9.17, 15) is 9.59 Å². The molecule has 1 aromatic rings. The molecule has 4 unspecified atom stereocenters. The van der Waals surface area contributed by atoms with Crippen molar-refractivity contribution in [3.8, 4) is 0 Å². The summed E-state index contributed by atoms with van der Waals surface area (Å²) < 4.78 is 0. The summed E-state index contributed by atoms with van der Waals surface area (Å²) in [6.45, 7) is 2.71. The molecule has 1 aromatic carbocycles. The third kappa shape index (κ3) is 4.48. The van der Waals surface area contributed by atoms with Crippen LogP contribution < -0.4 is 10.6 Å². The first kappa shape index (κ1) is 18.5. The zero-order valence-corrected chi connectivity index (χ0v) is 15.9. The highest BCUT2D eigenvalue weighted by atomic mass is 35.5. The summed E-state index contributed by atoms with van der Waals surface area (Å²) in [5, 5.41) is 6.89. The van der Waals surface area contributed by atoms with Gasteiger partial charge in [0.25, 0.3) is 5.91 Å². The van der Waals surface area contributed by atoms with Crippen LogP contribution in [0.4, 0.5) is 0 Å². The molecule has 0 spiro atoms. The fourth-order valence-corrected chi connectivity index (χ4v) is 4.43. The lowest BCUT2D eigenvalue weighted by Crippen LogP contribution is -2.52. The van der Waals surface area contributed by atoms with E-state index in [-0.39, 0.29) is 17.7 Å². The second kappa shape index (κ2) is 7.96. The number of hydrogen-bond donors (Lipinski definition) is 2. The van der Waals surface area contributed by atoms with Crippen molar-refractivity contribution >= 4 is 35.0 Å². The summed E-state index contributed by atoms with van der Waals surface area (Å²) in [6.07, 6.45) is 5.10. The molecule has 4 nitrogen and oxygen atoms in total. The molecule has 1 aliphatic heterocycles. The van der Waals surface area contributed by atoms with E-state index >= 15 is 0 Å². The van der Waals surface area contributed by atoms with Crippen LogP contribution in [-0.4, -0.2) is 24.4 Å². The average Bonchev–Trinajstić information content (AvgIpc) is 2.57. The number of hydrogen-bond acceptors (Lipinski definition) is 2. The highest BCUT2D eigenvalue weighted by molar-refractivity contribution is 6.35. The molecule has 1 aliphatic carbocycles. The van der Waals surface area contributed by atoms with E-state index in [4.69, 9.17) is 23.2 Å². The second-order valence-electron chi connectivity index (χ2n) is 7.39. The zero-order valence-electron chi connectivity index (χ0n) is 14.4. The Morgan fingerprint density at radius 2 is 2.08 bits per heavy atom. The molecule has 1 heterocycles. The van der Waals surface area contributed by atoms with Gasteiger partial charge in [-0.05, 0) is 55.7 Å². The van der Waals surface area contributed by atoms with Gasteiger partial charge in [0.2, 0.25) is 5.91 Å². The van der Waals surface area contributed by atoms with Gasteiger partial charge in [0.05, 0.1) is 10.6 Å². The second-order valence-corrected chi connectivity index (χ2v) is 8.24. The molecule has 0 radical (unpaired) electrons. The van der Waals surface area contributed by atoms with Gasteiger partial charge in [0, 0.05) is 23.5 Å². The number of amides is 2. The average molecular weight is 383 g/mol. The zero-order chi connectivity index (χ0) is 18.0. The number of halogens is 2. The van der Waals surface area contributed by atoms with Crippen molar-refractivity contribution in [2.24, 2.45) is 17.8 Å². The number of piperidine rings is 1. The highest BCUT2D eigenvalue weighted by Crippen LogP contribution is 2.36. The Labute approximate surface area is 158 Å². The van der Waals surface area contributed by atoms with Gasteiger partial charge in [-0.1, -0.05) is 36.5 Å². The fraction of sp³-hybridized carbons (Fsp3) is 0.579. The van der Waals surface area contributed by atoms with Gasteiger partial charge in [-0.2, -0.15) is 0 Å². The Kier molecular flexibility index (Phi) is 5.90. The first-order chi connectivity index (χ1) is 11.9. The smallest absolute Gasteiger partial charge is 0.252 e. The largest absolute Gasteiger partial charge is 0.353 e. The summed E-state index contributed by atoms with van der Waals surface area (Å²) in [5.41, 5.74) is 0.364. The molecule has 2 fully saturated rings. The summed E-state index contributed by atoms with van der Waals surface area (Å²) in [4.78, 5) is 24.6. The van der Waals surface area contributed by atoms with E-state index in [0.717, 1.165) is 12.8 Å². The van der Waals surface area contributed by atoms with Gasteiger partial charge in [-0.3, -0.25) is 9.59 Å². The van der Waals surface area contributed by atoms with Crippen molar-refractivity contribution < 1.29 is 9.59 Å². The number of rotatable bonds is 4. The Morgan fingerprint density at radius 3 is 2.88 bits per heavy atom. The predicted octanol–water partition coefficient (Wildman–Crippen LogP) is 4.05. The van der Waals surface area contributed by atoms with E-state index in [2.05, 4.69) is 17.6 Å². The monoisotopic (exact) mass is 382 g/mol. The van der Waals surface area contributed by atoms with Crippen molar-refractivity contribution in [2.45, 2.75) is 45.1 Å². The lowest BCUT2D eigenvalue weighted by Gasteiger charge is -2.41. The maximum atomic E-state index is 12.3. The fourth-order valence-electron chi connectivity index (χ4n) is 4.05. The van der Waals surface area contributed by atoms with Crippen LogP contribution in [0.15, 0.2) is 18.2 Å².